The molecule has 0 amide bonds. The molecule has 0 aliphatic carbocycles. The predicted octanol–water partition coefficient (Wildman–Crippen LogP) is 18.2. The quantitative estimate of drug-likeness (QED) is 0.106. The van der Waals surface area contributed by atoms with Gasteiger partial charge in [0.05, 0.1) is 11.0 Å². The maximum absolute atomic E-state index is 3.99. The average Bonchev–Trinajstić information content (AvgIpc) is 3.69. The summed E-state index contributed by atoms with van der Waals surface area (Å²) in [6, 6.07) is 72.2. The molecule has 10 aromatic carbocycles. The molecule has 11 aromatic rings. The van der Waals surface area contributed by atoms with Crippen LogP contribution in [0.3, 0.4) is 0 Å². The molecule has 0 aliphatic rings. The van der Waals surface area contributed by atoms with Crippen LogP contribution in [0.25, 0.3) is 110 Å². The van der Waals surface area contributed by atoms with Crippen molar-refractivity contribution in [1.29, 1.82) is 0 Å². The molecule has 316 valence electrons. The van der Waals surface area contributed by atoms with E-state index in [9.17, 15) is 0 Å². The van der Waals surface area contributed by atoms with Gasteiger partial charge in [0.15, 0.2) is 0 Å². The second-order valence-corrected chi connectivity index (χ2v) is 17.9. The number of aryl methyl sites for hydroxylation is 4. The molecule has 0 bridgehead atoms. The first-order chi connectivity index (χ1) is 32.3. The minimum Gasteiger partial charge on any atom is -0.309 e. The first kappa shape index (κ1) is 40.8. The van der Waals surface area contributed by atoms with Gasteiger partial charge in [-0.15, -0.1) is 0 Å². The van der Waals surface area contributed by atoms with Crippen LogP contribution in [0.5, 0.6) is 0 Å². The first-order valence-corrected chi connectivity index (χ1v) is 23.1. The SMILES string of the molecule is C=C/C(=C\C)c1ccc(-c2ccc(-c3c4cc(C)c(C)cc4c(-c4ccc(-c5ccc(-c6ccc7c(c6)c6ccccc6n7-c6ccccc6)cc5)cc4)c4cc(C)c(C)cc34)cc2)cc1. The Bertz CT molecular complexity index is 3620. The third kappa shape index (κ3) is 6.96. The van der Waals surface area contributed by atoms with Crippen LogP contribution < -0.4 is 0 Å². The maximum Gasteiger partial charge on any atom is 0.0541 e. The topological polar surface area (TPSA) is 4.93 Å². The molecule has 0 fully saturated rings. The van der Waals surface area contributed by atoms with Gasteiger partial charge in [0, 0.05) is 16.5 Å². The van der Waals surface area contributed by atoms with Crippen molar-refractivity contribution in [1.82, 2.24) is 4.57 Å². The molecule has 1 heteroatoms. The number of hydrogen-bond acceptors (Lipinski definition) is 0. The number of fused-ring (bicyclic) bond motifs is 5. The van der Waals surface area contributed by atoms with E-state index in [1.165, 1.54) is 132 Å². The van der Waals surface area contributed by atoms with E-state index in [2.05, 4.69) is 246 Å². The molecule has 0 atom stereocenters. The second kappa shape index (κ2) is 16.5. The average molecular weight is 846 g/mol. The fraction of sp³-hybridized carbons (Fsp3) is 0.0769. The molecule has 0 N–H and O–H groups in total. The lowest BCUT2D eigenvalue weighted by molar-refractivity contribution is 1.18. The molecule has 0 aliphatic heterocycles. The lowest BCUT2D eigenvalue weighted by atomic mass is 9.83. The summed E-state index contributed by atoms with van der Waals surface area (Å²) in [6.45, 7) is 15.0. The summed E-state index contributed by atoms with van der Waals surface area (Å²) in [7, 11) is 0. The highest BCUT2D eigenvalue weighted by Gasteiger charge is 2.20. The second-order valence-electron chi connectivity index (χ2n) is 17.9. The van der Waals surface area contributed by atoms with Gasteiger partial charge in [-0.25, -0.2) is 0 Å². The minimum absolute atomic E-state index is 1.14. The molecule has 11 rings (SSSR count). The summed E-state index contributed by atoms with van der Waals surface area (Å²) in [5.41, 5.74) is 23.4. The highest BCUT2D eigenvalue weighted by Crippen LogP contribution is 2.46. The predicted molar refractivity (Wildman–Crippen MR) is 286 cm³/mol. The fourth-order valence-corrected chi connectivity index (χ4v) is 10.2. The molecule has 0 saturated carbocycles. The molecule has 1 aromatic heterocycles. The molecule has 0 saturated heterocycles. The van der Waals surface area contributed by atoms with E-state index in [-0.39, 0.29) is 0 Å². The van der Waals surface area contributed by atoms with Crippen molar-refractivity contribution in [3.63, 3.8) is 0 Å². The van der Waals surface area contributed by atoms with Crippen molar-refractivity contribution in [2.75, 3.05) is 0 Å². The van der Waals surface area contributed by atoms with Gasteiger partial charge in [0.25, 0.3) is 0 Å². The summed E-state index contributed by atoms with van der Waals surface area (Å²) >= 11 is 0. The Balaban J connectivity index is 0.960. The highest BCUT2D eigenvalue weighted by atomic mass is 15.0. The third-order valence-electron chi connectivity index (χ3n) is 14.0. The van der Waals surface area contributed by atoms with Gasteiger partial charge < -0.3 is 4.57 Å². The number of rotatable bonds is 8. The standard InChI is InChI=1S/C65H51N/c1-7-45(8-2)46-18-20-47(21-19-46)49-26-30-52(31-27-49)64-58-36-41(3)43(5)38-60(58)65(61-39-44(6)42(4)37-59(61)64)53-32-28-50(29-33-53)48-22-24-51(25-23-48)54-34-35-63-57(40-54)56-16-12-13-17-62(56)66(63)55-14-10-9-11-15-55/h7-40H,1H2,2-6H3/b45-8+. The monoisotopic (exact) mass is 845 g/mol. The van der Waals surface area contributed by atoms with Crippen LogP contribution in [0.1, 0.15) is 34.7 Å². The Kier molecular flexibility index (Phi) is 10.2. The number of hydrogen-bond donors (Lipinski definition) is 0. The van der Waals surface area contributed by atoms with E-state index in [1.807, 2.05) is 6.08 Å². The van der Waals surface area contributed by atoms with Crippen LogP contribution in [0, 0.1) is 27.7 Å². The number of nitrogens with zero attached hydrogens (tertiary/aromatic N) is 1. The summed E-state index contributed by atoms with van der Waals surface area (Å²) in [5, 5.41) is 7.66. The molecule has 66 heavy (non-hydrogen) atoms. The Morgan fingerprint density at radius 2 is 0.742 bits per heavy atom. The normalized spacial score (nSPS) is 11.9. The van der Waals surface area contributed by atoms with Gasteiger partial charge in [0.1, 0.15) is 0 Å². The van der Waals surface area contributed by atoms with Gasteiger partial charge in [-0.1, -0.05) is 183 Å². The molecular formula is C65H51N. The van der Waals surface area contributed by atoms with Crippen molar-refractivity contribution in [2.45, 2.75) is 34.6 Å². The van der Waals surface area contributed by atoms with Crippen molar-refractivity contribution in [3.05, 3.63) is 241 Å². The van der Waals surface area contributed by atoms with Gasteiger partial charge in [-0.05, 0) is 176 Å². The smallest absolute Gasteiger partial charge is 0.0541 e. The zero-order valence-corrected chi connectivity index (χ0v) is 38.3. The zero-order chi connectivity index (χ0) is 45.1. The summed E-state index contributed by atoms with van der Waals surface area (Å²) in [6.07, 6.45) is 4.02. The number of allylic oxidation sites excluding steroid dienone is 3. The van der Waals surface area contributed by atoms with E-state index < -0.39 is 0 Å². The van der Waals surface area contributed by atoms with E-state index in [0.29, 0.717) is 0 Å². The summed E-state index contributed by atoms with van der Waals surface area (Å²) in [5.74, 6) is 0. The van der Waals surface area contributed by atoms with Crippen molar-refractivity contribution < 1.29 is 0 Å². The Morgan fingerprint density at radius 3 is 1.20 bits per heavy atom. The molecular weight excluding hydrogens is 795 g/mol. The van der Waals surface area contributed by atoms with Crippen LogP contribution in [0.15, 0.2) is 213 Å². The van der Waals surface area contributed by atoms with E-state index in [1.54, 1.807) is 0 Å². The fourth-order valence-electron chi connectivity index (χ4n) is 10.2. The van der Waals surface area contributed by atoms with Gasteiger partial charge >= 0.3 is 0 Å². The molecule has 0 spiro atoms. The molecule has 1 nitrogen and oxygen atoms in total. The number of benzene rings is 10. The Hall–Kier alpha value is -8.00. The number of aromatic nitrogens is 1. The van der Waals surface area contributed by atoms with Gasteiger partial charge in [-0.2, -0.15) is 0 Å². The van der Waals surface area contributed by atoms with Crippen LogP contribution >= 0.6 is 0 Å². The van der Waals surface area contributed by atoms with Crippen molar-refractivity contribution >= 4 is 48.9 Å². The zero-order valence-electron chi connectivity index (χ0n) is 38.3. The van der Waals surface area contributed by atoms with Crippen molar-refractivity contribution in [2.24, 2.45) is 0 Å². The highest BCUT2D eigenvalue weighted by molar-refractivity contribution is 6.22. The third-order valence-corrected chi connectivity index (χ3v) is 14.0. The summed E-state index contributed by atoms with van der Waals surface area (Å²) < 4.78 is 2.37. The van der Waals surface area contributed by atoms with E-state index >= 15 is 0 Å². The van der Waals surface area contributed by atoms with Gasteiger partial charge in [-0.3, -0.25) is 0 Å². The van der Waals surface area contributed by atoms with Crippen molar-refractivity contribution in [3.8, 4) is 61.3 Å². The molecule has 0 unspecified atom stereocenters. The van der Waals surface area contributed by atoms with Crippen LogP contribution in [-0.2, 0) is 0 Å². The van der Waals surface area contributed by atoms with E-state index in [4.69, 9.17) is 0 Å². The van der Waals surface area contributed by atoms with Gasteiger partial charge in [0.2, 0.25) is 0 Å². The molecule has 1 heterocycles. The lowest BCUT2D eigenvalue weighted by Crippen LogP contribution is -1.95. The number of para-hydroxylation sites is 2. The van der Waals surface area contributed by atoms with E-state index in [0.717, 1.165) is 5.57 Å². The largest absolute Gasteiger partial charge is 0.309 e. The lowest BCUT2D eigenvalue weighted by Gasteiger charge is -2.21. The Morgan fingerprint density at radius 1 is 0.364 bits per heavy atom. The molecule has 0 radical (unpaired) electrons. The Labute approximate surface area is 388 Å². The maximum atomic E-state index is 3.99. The first-order valence-electron chi connectivity index (χ1n) is 23.1. The van der Waals surface area contributed by atoms with Crippen LogP contribution in [0.4, 0.5) is 0 Å². The summed E-state index contributed by atoms with van der Waals surface area (Å²) in [4.78, 5) is 0. The van der Waals surface area contributed by atoms with Crippen LogP contribution in [0.2, 0.25) is 0 Å². The minimum atomic E-state index is 1.14. The van der Waals surface area contributed by atoms with Crippen LogP contribution in [-0.4, -0.2) is 4.57 Å².